The van der Waals surface area contributed by atoms with Crippen molar-refractivity contribution in [3.8, 4) is 0 Å². The van der Waals surface area contributed by atoms with Gasteiger partial charge < -0.3 is 15.4 Å². The predicted octanol–water partition coefficient (Wildman–Crippen LogP) is 1.99. The van der Waals surface area contributed by atoms with E-state index < -0.39 is 5.97 Å². The lowest BCUT2D eigenvalue weighted by Crippen LogP contribution is -2.65. The highest BCUT2D eigenvalue weighted by Crippen LogP contribution is 2.38. The molecular weight excluding hydrogens is 294 g/mol. The maximum Gasteiger partial charge on any atom is 0.356 e. The fourth-order valence-electron chi connectivity index (χ4n) is 3.79. The Labute approximate surface area is 137 Å². The van der Waals surface area contributed by atoms with Gasteiger partial charge in [-0.05, 0) is 52.7 Å². The van der Waals surface area contributed by atoms with E-state index in [1.54, 1.807) is 12.1 Å². The second kappa shape index (κ2) is 5.92. The van der Waals surface area contributed by atoms with Crippen molar-refractivity contribution in [3.63, 3.8) is 0 Å². The minimum atomic E-state index is -0.557. The summed E-state index contributed by atoms with van der Waals surface area (Å²) in [6, 6.07) is 4.85. The summed E-state index contributed by atoms with van der Waals surface area (Å²) in [5.41, 5.74) is 5.75. The van der Waals surface area contributed by atoms with Crippen LogP contribution in [0.25, 0.3) is 0 Å². The summed E-state index contributed by atoms with van der Waals surface area (Å²) >= 11 is 0. The molecular formula is C17H25N3O3. The van der Waals surface area contributed by atoms with E-state index in [-0.39, 0.29) is 34.4 Å². The third kappa shape index (κ3) is 3.37. The lowest BCUT2D eigenvalue weighted by atomic mass is 9.77. The zero-order valence-corrected chi connectivity index (χ0v) is 14.4. The average molecular weight is 319 g/mol. The standard InChI is InChI=1S/C17H25N3O3/c1-16(2)9-11(18)10-17(3,4)20(16)14(21)12-7-6-8-13(19-12)15(22)23-5/h6-8,11H,9-10,18H2,1-5H3. The van der Waals surface area contributed by atoms with Crippen LogP contribution < -0.4 is 5.73 Å². The number of piperidine rings is 1. The van der Waals surface area contributed by atoms with Gasteiger partial charge in [-0.1, -0.05) is 6.07 Å². The Bertz CT molecular complexity index is 607. The monoisotopic (exact) mass is 319 g/mol. The number of pyridine rings is 1. The van der Waals surface area contributed by atoms with E-state index in [0.29, 0.717) is 0 Å². The highest BCUT2D eigenvalue weighted by molar-refractivity contribution is 5.95. The van der Waals surface area contributed by atoms with Crippen molar-refractivity contribution in [1.82, 2.24) is 9.88 Å². The first-order valence-electron chi connectivity index (χ1n) is 7.74. The van der Waals surface area contributed by atoms with Crippen LogP contribution >= 0.6 is 0 Å². The van der Waals surface area contributed by atoms with Crippen LogP contribution in [0.1, 0.15) is 61.5 Å². The Morgan fingerprint density at radius 3 is 2.22 bits per heavy atom. The van der Waals surface area contributed by atoms with E-state index in [9.17, 15) is 9.59 Å². The largest absolute Gasteiger partial charge is 0.464 e. The molecule has 0 atom stereocenters. The molecule has 0 spiro atoms. The molecule has 6 heteroatoms. The summed E-state index contributed by atoms with van der Waals surface area (Å²) in [5, 5.41) is 0. The molecule has 1 aliphatic heterocycles. The molecule has 2 rings (SSSR count). The van der Waals surface area contributed by atoms with Gasteiger partial charge >= 0.3 is 5.97 Å². The Morgan fingerprint density at radius 1 is 1.17 bits per heavy atom. The highest BCUT2D eigenvalue weighted by atomic mass is 16.5. The van der Waals surface area contributed by atoms with Gasteiger partial charge in [0.15, 0.2) is 0 Å². The van der Waals surface area contributed by atoms with Crippen molar-refractivity contribution in [2.45, 2.75) is 57.7 Å². The maximum absolute atomic E-state index is 13.1. The van der Waals surface area contributed by atoms with Gasteiger partial charge in [-0.15, -0.1) is 0 Å². The average Bonchev–Trinajstić information content (AvgIpc) is 2.43. The molecule has 1 amide bonds. The Hall–Kier alpha value is -1.95. The van der Waals surface area contributed by atoms with Gasteiger partial charge in [0, 0.05) is 17.1 Å². The van der Waals surface area contributed by atoms with Crippen molar-refractivity contribution in [2.24, 2.45) is 5.73 Å². The van der Waals surface area contributed by atoms with E-state index in [0.717, 1.165) is 12.8 Å². The smallest absolute Gasteiger partial charge is 0.356 e. The van der Waals surface area contributed by atoms with Crippen LogP contribution in [-0.2, 0) is 4.74 Å². The number of rotatable bonds is 2. The molecule has 0 aliphatic carbocycles. The van der Waals surface area contributed by atoms with Gasteiger partial charge in [0.1, 0.15) is 11.4 Å². The SMILES string of the molecule is COC(=O)c1cccc(C(=O)N2C(C)(C)CC(N)CC2(C)C)n1. The third-order valence-electron chi connectivity index (χ3n) is 4.30. The molecule has 1 aliphatic rings. The van der Waals surface area contributed by atoms with Gasteiger partial charge in [0.25, 0.3) is 5.91 Å². The van der Waals surface area contributed by atoms with Gasteiger partial charge in [0.05, 0.1) is 7.11 Å². The van der Waals surface area contributed by atoms with Gasteiger partial charge in [-0.3, -0.25) is 4.79 Å². The first-order chi connectivity index (χ1) is 10.6. The molecule has 23 heavy (non-hydrogen) atoms. The van der Waals surface area contributed by atoms with Crippen LogP contribution in [0.3, 0.4) is 0 Å². The highest BCUT2D eigenvalue weighted by Gasteiger charge is 2.47. The van der Waals surface area contributed by atoms with Crippen LogP contribution in [0.5, 0.6) is 0 Å². The minimum absolute atomic E-state index is 0.0541. The summed E-state index contributed by atoms with van der Waals surface area (Å²) in [6.45, 7) is 8.04. The second-order valence-corrected chi connectivity index (χ2v) is 7.33. The molecule has 126 valence electrons. The molecule has 2 heterocycles. The first-order valence-corrected chi connectivity index (χ1v) is 7.74. The Balaban J connectivity index is 2.40. The van der Waals surface area contributed by atoms with E-state index in [1.165, 1.54) is 13.2 Å². The van der Waals surface area contributed by atoms with E-state index in [4.69, 9.17) is 5.73 Å². The number of nitrogens with zero attached hydrogens (tertiary/aromatic N) is 2. The van der Waals surface area contributed by atoms with Crippen LogP contribution in [0.4, 0.5) is 0 Å². The second-order valence-electron chi connectivity index (χ2n) is 7.33. The van der Waals surface area contributed by atoms with E-state index >= 15 is 0 Å². The number of esters is 1. The molecule has 2 N–H and O–H groups in total. The van der Waals surface area contributed by atoms with Gasteiger partial charge in [-0.2, -0.15) is 0 Å². The molecule has 1 aromatic heterocycles. The van der Waals surface area contributed by atoms with Gasteiger partial charge in [-0.25, -0.2) is 9.78 Å². The van der Waals surface area contributed by atoms with Crippen molar-refractivity contribution >= 4 is 11.9 Å². The number of aromatic nitrogens is 1. The lowest BCUT2D eigenvalue weighted by Gasteiger charge is -2.54. The fraction of sp³-hybridized carbons (Fsp3) is 0.588. The molecule has 0 radical (unpaired) electrons. The summed E-state index contributed by atoms with van der Waals surface area (Å²) in [6.07, 6.45) is 1.44. The number of methoxy groups -OCH3 is 1. The number of hydrogen-bond acceptors (Lipinski definition) is 5. The quantitative estimate of drug-likeness (QED) is 0.843. The van der Waals surface area contributed by atoms with Gasteiger partial charge in [0.2, 0.25) is 0 Å². The zero-order valence-electron chi connectivity index (χ0n) is 14.4. The van der Waals surface area contributed by atoms with E-state index in [2.05, 4.69) is 9.72 Å². The minimum Gasteiger partial charge on any atom is -0.464 e. The first kappa shape index (κ1) is 17.4. The van der Waals surface area contributed by atoms with Crippen LogP contribution in [0, 0.1) is 0 Å². The lowest BCUT2D eigenvalue weighted by molar-refractivity contribution is -0.0176. The third-order valence-corrected chi connectivity index (χ3v) is 4.30. The molecule has 1 aromatic rings. The number of carbonyl (C=O) groups is 2. The zero-order chi connectivity index (χ0) is 17.4. The van der Waals surface area contributed by atoms with Crippen molar-refractivity contribution in [2.75, 3.05) is 7.11 Å². The summed E-state index contributed by atoms with van der Waals surface area (Å²) < 4.78 is 4.67. The van der Waals surface area contributed by atoms with Crippen molar-refractivity contribution < 1.29 is 14.3 Å². The molecule has 1 saturated heterocycles. The van der Waals surface area contributed by atoms with Crippen molar-refractivity contribution in [1.29, 1.82) is 0 Å². The fourth-order valence-corrected chi connectivity index (χ4v) is 3.79. The molecule has 0 aromatic carbocycles. The van der Waals surface area contributed by atoms with Crippen LogP contribution in [0.2, 0.25) is 0 Å². The summed E-state index contributed by atoms with van der Waals surface area (Å²) in [7, 11) is 1.29. The molecule has 0 bridgehead atoms. The normalized spacial score (nSPS) is 20.2. The number of likely N-dealkylation sites (tertiary alicyclic amines) is 1. The number of amides is 1. The predicted molar refractivity (Wildman–Crippen MR) is 87.1 cm³/mol. The van der Waals surface area contributed by atoms with Crippen LogP contribution in [-0.4, -0.2) is 46.0 Å². The number of ether oxygens (including phenoxy) is 1. The molecule has 0 unspecified atom stereocenters. The number of nitrogens with two attached hydrogens (primary N) is 1. The molecule has 6 nitrogen and oxygen atoms in total. The summed E-state index contributed by atoms with van der Waals surface area (Å²) in [5.74, 6) is -0.753. The van der Waals surface area contributed by atoms with E-state index in [1.807, 2.05) is 32.6 Å². The Kier molecular flexibility index (Phi) is 4.48. The van der Waals surface area contributed by atoms with Crippen LogP contribution in [0.15, 0.2) is 18.2 Å². The molecule has 1 fully saturated rings. The number of carbonyl (C=O) groups excluding carboxylic acids is 2. The molecule has 0 saturated carbocycles. The maximum atomic E-state index is 13.1. The topological polar surface area (TPSA) is 85.5 Å². The summed E-state index contributed by atoms with van der Waals surface area (Å²) in [4.78, 5) is 30.7. The number of hydrogen-bond donors (Lipinski definition) is 1. The van der Waals surface area contributed by atoms with Crippen molar-refractivity contribution in [3.05, 3.63) is 29.6 Å². The Morgan fingerprint density at radius 2 is 1.70 bits per heavy atom.